The summed E-state index contributed by atoms with van der Waals surface area (Å²) in [5.41, 5.74) is 2.76. The van der Waals surface area contributed by atoms with Gasteiger partial charge < -0.3 is 0 Å². The standard InChI is InChI=1S/C3H4NS.Ru/c1-2-5-3-4-1;/h1-2H2;. The first-order valence-corrected chi connectivity index (χ1v) is 2.52. The van der Waals surface area contributed by atoms with Crippen molar-refractivity contribution in [2.45, 2.75) is 0 Å². The van der Waals surface area contributed by atoms with Crippen molar-refractivity contribution in [3.8, 4) is 0 Å². The second-order valence-corrected chi connectivity index (χ2v) is 1.70. The van der Waals surface area contributed by atoms with Crippen LogP contribution in [0.5, 0.6) is 0 Å². The predicted molar refractivity (Wildman–Crippen MR) is 24.8 cm³/mol. The van der Waals surface area contributed by atoms with Gasteiger partial charge >= 0.3 is 0 Å². The minimum Gasteiger partial charge on any atom is -0.275 e. The van der Waals surface area contributed by atoms with Crippen molar-refractivity contribution in [2.24, 2.45) is 4.99 Å². The molecule has 0 aliphatic carbocycles. The molecule has 0 N–H and O–H groups in total. The maximum Gasteiger partial charge on any atom is 0.122 e. The monoisotopic (exact) mass is 188 g/mol. The van der Waals surface area contributed by atoms with Gasteiger partial charge in [0.15, 0.2) is 0 Å². The molecule has 0 aromatic carbocycles. The van der Waals surface area contributed by atoms with E-state index in [1.807, 2.05) is 0 Å². The van der Waals surface area contributed by atoms with Gasteiger partial charge in [-0.15, -0.1) is 11.8 Å². The zero-order valence-electron chi connectivity index (χ0n) is 3.12. The zero-order chi connectivity index (χ0) is 3.54. The molecule has 1 rings (SSSR count). The van der Waals surface area contributed by atoms with Gasteiger partial charge in [0.1, 0.15) is 5.55 Å². The summed E-state index contributed by atoms with van der Waals surface area (Å²) < 4.78 is 0. The van der Waals surface area contributed by atoms with E-state index in [4.69, 9.17) is 0 Å². The molecule has 0 aromatic heterocycles. The van der Waals surface area contributed by atoms with E-state index >= 15 is 0 Å². The Kier molecular flexibility index (Phi) is 4.23. The van der Waals surface area contributed by atoms with Crippen molar-refractivity contribution < 1.29 is 19.5 Å². The number of thioether (sulfide) groups is 1. The summed E-state index contributed by atoms with van der Waals surface area (Å²) >= 11 is 1.66. The van der Waals surface area contributed by atoms with Gasteiger partial charge in [-0.25, -0.2) is 0 Å². The van der Waals surface area contributed by atoms with Gasteiger partial charge in [0.25, 0.3) is 0 Å². The summed E-state index contributed by atoms with van der Waals surface area (Å²) in [6.45, 7) is 0.977. The number of rotatable bonds is 0. The van der Waals surface area contributed by atoms with Crippen LogP contribution in [0.15, 0.2) is 4.99 Å². The van der Waals surface area contributed by atoms with Crippen LogP contribution in [-0.2, 0) is 19.5 Å². The van der Waals surface area contributed by atoms with Crippen molar-refractivity contribution >= 4 is 17.3 Å². The summed E-state index contributed by atoms with van der Waals surface area (Å²) in [4.78, 5) is 3.80. The van der Waals surface area contributed by atoms with E-state index in [9.17, 15) is 0 Å². The molecule has 35 valence electrons. The third-order valence-corrected chi connectivity index (χ3v) is 1.08. The Balaban J connectivity index is 0.000000250. The molecule has 0 fully saturated rings. The van der Waals surface area contributed by atoms with Gasteiger partial charge in [-0.3, -0.25) is 4.99 Å². The maximum atomic E-state index is 3.80. The van der Waals surface area contributed by atoms with Crippen LogP contribution < -0.4 is 0 Å². The average molecular weight is 187 g/mol. The van der Waals surface area contributed by atoms with E-state index in [1.54, 1.807) is 11.8 Å². The fourth-order valence-electron chi connectivity index (χ4n) is 0.228. The van der Waals surface area contributed by atoms with E-state index in [1.165, 1.54) is 0 Å². The van der Waals surface area contributed by atoms with Gasteiger partial charge in [0.2, 0.25) is 0 Å². The van der Waals surface area contributed by atoms with Crippen LogP contribution in [0, 0.1) is 0 Å². The van der Waals surface area contributed by atoms with Gasteiger partial charge in [-0.2, -0.15) is 0 Å². The van der Waals surface area contributed by atoms with Crippen LogP contribution >= 0.6 is 11.8 Å². The molecule has 0 saturated carbocycles. The van der Waals surface area contributed by atoms with Crippen molar-refractivity contribution in [3.63, 3.8) is 0 Å². The van der Waals surface area contributed by atoms with Crippen molar-refractivity contribution in [1.82, 2.24) is 0 Å². The van der Waals surface area contributed by atoms with Crippen LogP contribution in [0.2, 0.25) is 0 Å². The first-order chi connectivity index (χ1) is 2.50. The third-order valence-electron chi connectivity index (χ3n) is 0.434. The van der Waals surface area contributed by atoms with Crippen molar-refractivity contribution in [1.29, 1.82) is 0 Å². The summed E-state index contributed by atoms with van der Waals surface area (Å²) in [6, 6.07) is 0. The Hall–Kier alpha value is 0.643. The maximum absolute atomic E-state index is 3.80. The molecule has 0 aromatic rings. The Morgan fingerprint density at radius 2 is 2.50 bits per heavy atom. The molecule has 1 aliphatic rings. The van der Waals surface area contributed by atoms with Gasteiger partial charge in [-0.05, 0) is 0 Å². The number of hydrogen-bond donors (Lipinski definition) is 0. The van der Waals surface area contributed by atoms with Crippen LogP contribution in [0.3, 0.4) is 0 Å². The van der Waals surface area contributed by atoms with Gasteiger partial charge in [0.05, 0.1) is 0 Å². The first kappa shape index (κ1) is 6.64. The predicted octanol–water partition coefficient (Wildman–Crippen LogP) is 0.636. The normalized spacial score (nSPS) is 17.3. The largest absolute Gasteiger partial charge is 0.275 e. The summed E-state index contributed by atoms with van der Waals surface area (Å²) in [5, 5.41) is 0. The topological polar surface area (TPSA) is 12.4 Å². The molecule has 3 heteroatoms. The van der Waals surface area contributed by atoms with E-state index in [-0.39, 0.29) is 19.5 Å². The quantitative estimate of drug-likeness (QED) is 0.507. The van der Waals surface area contributed by atoms with Crippen LogP contribution in [0.4, 0.5) is 0 Å². The zero-order valence-corrected chi connectivity index (χ0v) is 5.68. The molecule has 1 heterocycles. The molecule has 6 heavy (non-hydrogen) atoms. The van der Waals surface area contributed by atoms with Crippen molar-refractivity contribution in [3.05, 3.63) is 0 Å². The molecule has 0 amide bonds. The fraction of sp³-hybridized carbons (Fsp3) is 0.667. The molecule has 0 spiro atoms. The van der Waals surface area contributed by atoms with Crippen molar-refractivity contribution in [2.75, 3.05) is 12.3 Å². The van der Waals surface area contributed by atoms with Crippen LogP contribution in [-0.4, -0.2) is 17.8 Å². The van der Waals surface area contributed by atoms with Gasteiger partial charge in [-0.1, -0.05) is 0 Å². The molecule has 0 atom stereocenters. The second-order valence-electron chi connectivity index (χ2n) is 0.821. The summed E-state index contributed by atoms with van der Waals surface area (Å²) in [7, 11) is 0. The average Bonchev–Trinajstić information content (AvgIpc) is 1.76. The SMILES string of the molecule is [C]1=NCCS1.[Ru]. The minimum atomic E-state index is 0. The molecule has 0 bridgehead atoms. The molecule has 1 nitrogen and oxygen atoms in total. The number of aliphatic imine (C=N–C) groups is 1. The van der Waals surface area contributed by atoms with Crippen LogP contribution in [0.25, 0.3) is 0 Å². The Morgan fingerprint density at radius 3 is 2.67 bits per heavy atom. The number of nitrogens with zero attached hydrogens (tertiary/aromatic N) is 1. The Labute approximate surface area is 54.4 Å². The van der Waals surface area contributed by atoms with E-state index in [0.29, 0.717) is 0 Å². The fourth-order valence-corrected chi connectivity index (χ4v) is 0.685. The van der Waals surface area contributed by atoms with Gasteiger partial charge in [0, 0.05) is 31.8 Å². The Morgan fingerprint density at radius 1 is 1.67 bits per heavy atom. The molecule has 1 radical (unpaired) electrons. The molecular formula is C3H4NRuS. The van der Waals surface area contributed by atoms with E-state index in [2.05, 4.69) is 10.5 Å². The van der Waals surface area contributed by atoms with Crippen LogP contribution in [0.1, 0.15) is 0 Å². The molecule has 1 aliphatic heterocycles. The molecule has 0 saturated heterocycles. The third kappa shape index (κ3) is 1.94. The summed E-state index contributed by atoms with van der Waals surface area (Å²) in [6.07, 6.45) is 0. The Bertz CT molecular complexity index is 48.8. The number of hydrogen-bond acceptors (Lipinski definition) is 2. The van der Waals surface area contributed by atoms with E-state index in [0.717, 1.165) is 12.3 Å². The molecular weight excluding hydrogens is 183 g/mol. The summed E-state index contributed by atoms with van der Waals surface area (Å²) in [5.74, 6) is 1.14. The minimum absolute atomic E-state index is 0. The van der Waals surface area contributed by atoms with E-state index < -0.39 is 0 Å². The smallest absolute Gasteiger partial charge is 0.122 e. The second kappa shape index (κ2) is 3.82. The molecule has 0 unspecified atom stereocenters. The first-order valence-electron chi connectivity index (χ1n) is 1.53.